The molecule has 188 valence electrons. The molecule has 0 aliphatic carbocycles. The summed E-state index contributed by atoms with van der Waals surface area (Å²) < 4.78 is 61.2. The van der Waals surface area contributed by atoms with Gasteiger partial charge in [-0.05, 0) is 18.2 Å². The largest absolute Gasteiger partial charge is 0.505 e. The van der Waals surface area contributed by atoms with Gasteiger partial charge in [0.2, 0.25) is 5.91 Å². The van der Waals surface area contributed by atoms with Crippen molar-refractivity contribution in [2.24, 2.45) is 0 Å². The van der Waals surface area contributed by atoms with Gasteiger partial charge in [-0.3, -0.25) is 4.79 Å². The van der Waals surface area contributed by atoms with E-state index in [4.69, 9.17) is 9.90 Å². The summed E-state index contributed by atoms with van der Waals surface area (Å²) in [5.74, 6) is -4.72. The lowest BCUT2D eigenvalue weighted by Crippen LogP contribution is -2.21. The fraction of sp³-hybridized carbons (Fsp3) is 0.0952. The van der Waals surface area contributed by atoms with Gasteiger partial charge in [0.15, 0.2) is 17.4 Å². The average molecular weight is 510 g/mol. The Kier molecular flexibility index (Phi) is 7.31. The molecule has 1 amide bonds. The number of nitrogens with zero attached hydrogens (tertiary/aromatic N) is 4. The molecule has 0 atom stereocenters. The van der Waals surface area contributed by atoms with E-state index in [1.807, 2.05) is 0 Å². The van der Waals surface area contributed by atoms with Crippen LogP contribution in [0.1, 0.15) is 6.92 Å². The molecular weight excluding hydrogens is 495 g/mol. The minimum atomic E-state index is -5.08. The van der Waals surface area contributed by atoms with Crippen molar-refractivity contribution in [1.82, 2.24) is 19.7 Å². The monoisotopic (exact) mass is 510 g/mol. The van der Waals surface area contributed by atoms with Crippen LogP contribution in [0.5, 0.6) is 5.75 Å². The first-order valence-corrected chi connectivity index (χ1v) is 9.68. The van der Waals surface area contributed by atoms with Crippen molar-refractivity contribution < 1.29 is 41.8 Å². The molecule has 0 spiro atoms. The van der Waals surface area contributed by atoms with E-state index in [1.54, 1.807) is 6.07 Å². The number of aliphatic carboxylic acids is 1. The van der Waals surface area contributed by atoms with Gasteiger partial charge in [0.25, 0.3) is 0 Å². The van der Waals surface area contributed by atoms with E-state index in [0.717, 1.165) is 6.07 Å². The number of carboxylic acids is 1. The molecule has 0 fully saturated rings. The summed E-state index contributed by atoms with van der Waals surface area (Å²) in [6, 6.07) is 6.59. The van der Waals surface area contributed by atoms with Crippen molar-refractivity contribution in [2.75, 3.05) is 10.6 Å². The van der Waals surface area contributed by atoms with Gasteiger partial charge in [0.05, 0.1) is 29.3 Å². The maximum atomic E-state index is 14.4. The van der Waals surface area contributed by atoms with E-state index in [0.29, 0.717) is 16.6 Å². The van der Waals surface area contributed by atoms with Gasteiger partial charge < -0.3 is 20.8 Å². The highest BCUT2D eigenvalue weighted by Crippen LogP contribution is 2.29. The van der Waals surface area contributed by atoms with E-state index >= 15 is 0 Å². The molecule has 0 saturated heterocycles. The molecule has 0 unspecified atom stereocenters. The predicted octanol–water partition coefficient (Wildman–Crippen LogP) is 4.13. The molecule has 4 N–H and O–H groups in total. The number of carboxylic acid groups (broad SMARTS) is 1. The molecule has 0 aliphatic rings. The van der Waals surface area contributed by atoms with E-state index in [2.05, 4.69) is 25.7 Å². The maximum Gasteiger partial charge on any atom is 0.490 e. The van der Waals surface area contributed by atoms with Crippen molar-refractivity contribution in [1.29, 1.82) is 0 Å². The zero-order valence-electron chi connectivity index (χ0n) is 18.0. The zero-order chi connectivity index (χ0) is 26.6. The number of aromatic hydroxyl groups is 1. The summed E-state index contributed by atoms with van der Waals surface area (Å²) in [4.78, 5) is 28.4. The number of anilines is 3. The predicted molar refractivity (Wildman–Crippen MR) is 116 cm³/mol. The molecule has 15 heteroatoms. The third kappa shape index (κ3) is 5.99. The second-order valence-corrected chi connectivity index (χ2v) is 6.96. The summed E-state index contributed by atoms with van der Waals surface area (Å²) in [5.41, 5.74) is 1.11. The van der Waals surface area contributed by atoms with Crippen LogP contribution in [0, 0.1) is 11.6 Å². The van der Waals surface area contributed by atoms with Crippen molar-refractivity contribution in [3.63, 3.8) is 0 Å². The van der Waals surface area contributed by atoms with Gasteiger partial charge in [0.1, 0.15) is 17.8 Å². The summed E-state index contributed by atoms with van der Waals surface area (Å²) in [6.07, 6.45) is -0.901. The highest BCUT2D eigenvalue weighted by molar-refractivity contribution is 5.92. The maximum absolute atomic E-state index is 14.4. The van der Waals surface area contributed by atoms with Gasteiger partial charge in [-0.2, -0.15) is 18.3 Å². The molecule has 0 radical (unpaired) electrons. The van der Waals surface area contributed by atoms with Crippen LogP contribution in [0.4, 0.5) is 39.1 Å². The van der Waals surface area contributed by atoms with E-state index in [-0.39, 0.29) is 23.1 Å². The second-order valence-electron chi connectivity index (χ2n) is 6.96. The van der Waals surface area contributed by atoms with E-state index in [9.17, 15) is 31.9 Å². The Balaban J connectivity index is 0.000000454. The van der Waals surface area contributed by atoms with Crippen molar-refractivity contribution in [3.05, 3.63) is 60.7 Å². The number of hydrogen-bond acceptors (Lipinski definition) is 7. The van der Waals surface area contributed by atoms with Gasteiger partial charge in [-0.25, -0.2) is 28.2 Å². The smallest absolute Gasteiger partial charge is 0.490 e. The Morgan fingerprint density at radius 1 is 1.08 bits per heavy atom. The number of amides is 1. The first-order valence-electron chi connectivity index (χ1n) is 9.68. The highest BCUT2D eigenvalue weighted by atomic mass is 19.4. The SMILES string of the molecule is CC(=O)Nc1cccc(F)c1-n1cc(Nc2ncnc3cc(O)c(F)cc23)cn1.O=C(O)C(F)(F)F. The molecule has 4 rings (SSSR count). The summed E-state index contributed by atoms with van der Waals surface area (Å²) in [7, 11) is 0. The van der Waals surface area contributed by atoms with Crippen LogP contribution < -0.4 is 10.6 Å². The fourth-order valence-corrected chi connectivity index (χ4v) is 2.85. The fourth-order valence-electron chi connectivity index (χ4n) is 2.85. The van der Waals surface area contributed by atoms with Crippen LogP contribution in [-0.4, -0.2) is 48.0 Å². The molecule has 2 heterocycles. The Labute approximate surface area is 198 Å². The van der Waals surface area contributed by atoms with E-state index < -0.39 is 29.5 Å². The van der Waals surface area contributed by atoms with Crippen LogP contribution in [-0.2, 0) is 9.59 Å². The minimum Gasteiger partial charge on any atom is -0.505 e. The summed E-state index contributed by atoms with van der Waals surface area (Å²) >= 11 is 0. The van der Waals surface area contributed by atoms with Gasteiger partial charge in [-0.1, -0.05) is 6.07 Å². The summed E-state index contributed by atoms with van der Waals surface area (Å²) in [6.45, 7) is 1.32. The van der Waals surface area contributed by atoms with Crippen molar-refractivity contribution in [2.45, 2.75) is 13.1 Å². The van der Waals surface area contributed by atoms with Crippen LogP contribution in [0.2, 0.25) is 0 Å². The quantitative estimate of drug-likeness (QED) is 0.300. The molecule has 0 bridgehead atoms. The van der Waals surface area contributed by atoms with Gasteiger partial charge in [0, 0.05) is 18.4 Å². The Bertz CT molecular complexity index is 1440. The Morgan fingerprint density at radius 2 is 1.78 bits per heavy atom. The van der Waals surface area contributed by atoms with Crippen molar-refractivity contribution >= 4 is 40.0 Å². The van der Waals surface area contributed by atoms with Crippen molar-refractivity contribution in [3.8, 4) is 11.4 Å². The average Bonchev–Trinajstić information content (AvgIpc) is 3.22. The molecule has 36 heavy (non-hydrogen) atoms. The Hall–Kier alpha value is -4.82. The number of carbonyl (C=O) groups is 2. The number of carbonyl (C=O) groups excluding carboxylic acids is 1. The number of phenolic OH excluding ortho intramolecular Hbond substituents is 1. The van der Waals surface area contributed by atoms with E-state index in [1.165, 1.54) is 48.5 Å². The minimum absolute atomic E-state index is 0.0688. The number of benzene rings is 2. The second kappa shape index (κ2) is 10.2. The molecule has 4 aromatic rings. The van der Waals surface area contributed by atoms with Crippen LogP contribution in [0.15, 0.2) is 49.1 Å². The number of rotatable bonds is 4. The normalized spacial score (nSPS) is 10.9. The first kappa shape index (κ1) is 25.8. The molecule has 0 aliphatic heterocycles. The van der Waals surface area contributed by atoms with Gasteiger partial charge >= 0.3 is 12.1 Å². The molecule has 0 saturated carbocycles. The standard InChI is InChI=1S/C19H14F2N6O2.C2HF3O2/c1-10(28)25-15-4-2-3-13(20)18(15)27-8-11(7-24-27)26-19-12-5-14(21)17(29)6-16(12)22-9-23-19;3-2(4,5)1(6)7/h2-9,29H,1H3,(H,25,28)(H,22,23,26);(H,6,7). The lowest BCUT2D eigenvalue weighted by atomic mass is 10.2. The van der Waals surface area contributed by atoms with Crippen LogP contribution in [0.3, 0.4) is 0 Å². The topological polar surface area (TPSA) is 142 Å². The number of fused-ring (bicyclic) bond motifs is 1. The number of aromatic nitrogens is 4. The zero-order valence-corrected chi connectivity index (χ0v) is 18.0. The third-order valence-corrected chi connectivity index (χ3v) is 4.32. The molecular formula is C21H15F5N6O4. The number of para-hydroxylation sites is 1. The number of alkyl halides is 3. The van der Waals surface area contributed by atoms with Crippen LogP contribution >= 0.6 is 0 Å². The number of halogens is 5. The molecule has 10 nitrogen and oxygen atoms in total. The lowest BCUT2D eigenvalue weighted by Gasteiger charge is -2.11. The lowest BCUT2D eigenvalue weighted by molar-refractivity contribution is -0.192. The van der Waals surface area contributed by atoms with Crippen LogP contribution in [0.25, 0.3) is 16.6 Å². The highest BCUT2D eigenvalue weighted by Gasteiger charge is 2.38. The number of nitrogens with one attached hydrogen (secondary N) is 2. The number of phenols is 1. The Morgan fingerprint density at radius 3 is 2.42 bits per heavy atom. The summed E-state index contributed by atoms with van der Waals surface area (Å²) in [5, 5.41) is 26.6. The first-order chi connectivity index (χ1) is 16.9. The van der Waals surface area contributed by atoms with Gasteiger partial charge in [-0.15, -0.1) is 0 Å². The molecule has 2 aromatic carbocycles. The third-order valence-electron chi connectivity index (χ3n) is 4.32. The molecule has 2 aromatic heterocycles. The number of hydrogen-bond donors (Lipinski definition) is 4.